The minimum Gasteiger partial charge on any atom is -0.456 e. The zero-order chi connectivity index (χ0) is 34.4. The van der Waals surface area contributed by atoms with Crippen LogP contribution >= 0.6 is 22.7 Å². The molecule has 8 aromatic carbocycles. The molecule has 0 spiro atoms. The highest BCUT2D eigenvalue weighted by Crippen LogP contribution is 2.51. The van der Waals surface area contributed by atoms with Gasteiger partial charge in [-0.2, -0.15) is 0 Å². The van der Waals surface area contributed by atoms with Crippen molar-refractivity contribution in [3.05, 3.63) is 158 Å². The van der Waals surface area contributed by atoms with Crippen molar-refractivity contribution in [2.75, 3.05) is 4.90 Å². The number of hydrogen-bond acceptors (Lipinski definition) is 4. The number of fused-ring (bicyclic) bond motifs is 15. The summed E-state index contributed by atoms with van der Waals surface area (Å²) in [7, 11) is 0. The van der Waals surface area contributed by atoms with Gasteiger partial charge in [0, 0.05) is 47.4 Å². The van der Waals surface area contributed by atoms with Crippen molar-refractivity contribution in [2.45, 2.75) is 0 Å². The van der Waals surface area contributed by atoms with Crippen LogP contribution in [0.4, 0.5) is 17.1 Å². The maximum atomic E-state index is 6.27. The average molecular weight is 708 g/mol. The Bertz CT molecular complexity index is 3390. The molecule has 11 aromatic rings. The van der Waals surface area contributed by atoms with Gasteiger partial charge >= 0.3 is 0 Å². The number of furan rings is 1. The van der Waals surface area contributed by atoms with Crippen LogP contribution < -0.4 is 21.3 Å². The summed E-state index contributed by atoms with van der Waals surface area (Å²) in [6.45, 7) is 0.146. The Kier molecular flexibility index (Phi) is 5.51. The molecule has 2 aliphatic rings. The fraction of sp³-hybridized carbons (Fsp3) is 0. The number of benzene rings is 8. The van der Waals surface area contributed by atoms with E-state index in [1.54, 1.807) is 0 Å². The van der Waals surface area contributed by atoms with Gasteiger partial charge in [0.15, 0.2) is 0 Å². The summed E-state index contributed by atoms with van der Waals surface area (Å²) >= 11 is 3.83. The molecule has 244 valence electrons. The second-order valence-electron chi connectivity index (χ2n) is 14.4. The van der Waals surface area contributed by atoms with Crippen molar-refractivity contribution in [2.24, 2.45) is 0 Å². The number of nitrogens with zero attached hydrogens (tertiary/aromatic N) is 1. The van der Waals surface area contributed by atoms with Crippen molar-refractivity contribution in [1.29, 1.82) is 0 Å². The first kappa shape index (κ1) is 28.5. The van der Waals surface area contributed by atoms with Crippen molar-refractivity contribution in [1.82, 2.24) is 0 Å². The fourth-order valence-electron chi connectivity index (χ4n) is 9.43. The quantitative estimate of drug-likeness (QED) is 0.166. The highest BCUT2D eigenvalue weighted by molar-refractivity contribution is 7.27. The van der Waals surface area contributed by atoms with Crippen molar-refractivity contribution in [3.63, 3.8) is 0 Å². The lowest BCUT2D eigenvalue weighted by Crippen LogP contribution is -2.54. The first-order chi connectivity index (χ1) is 26.3. The van der Waals surface area contributed by atoms with Gasteiger partial charge < -0.3 is 9.32 Å². The maximum absolute atomic E-state index is 6.27. The summed E-state index contributed by atoms with van der Waals surface area (Å²) in [5.41, 5.74) is 14.9. The smallest absolute Gasteiger partial charge is 0.248 e. The van der Waals surface area contributed by atoms with E-state index in [9.17, 15) is 0 Å². The van der Waals surface area contributed by atoms with Gasteiger partial charge in [0.2, 0.25) is 6.71 Å². The highest BCUT2D eigenvalue weighted by atomic mass is 32.1. The van der Waals surface area contributed by atoms with Crippen LogP contribution in [0.25, 0.3) is 84.5 Å². The van der Waals surface area contributed by atoms with E-state index >= 15 is 0 Å². The molecule has 0 bridgehead atoms. The van der Waals surface area contributed by atoms with E-state index in [0.717, 1.165) is 21.9 Å². The summed E-state index contributed by atoms with van der Waals surface area (Å²) < 4.78 is 11.6. The van der Waals surface area contributed by atoms with Crippen LogP contribution in [0.15, 0.2) is 162 Å². The van der Waals surface area contributed by atoms with Crippen LogP contribution in [0.2, 0.25) is 0 Å². The minimum atomic E-state index is 0.146. The predicted molar refractivity (Wildman–Crippen MR) is 230 cm³/mol. The van der Waals surface area contributed by atoms with E-state index < -0.39 is 0 Å². The first-order valence-corrected chi connectivity index (χ1v) is 19.8. The van der Waals surface area contributed by atoms with Gasteiger partial charge in [0.25, 0.3) is 0 Å². The third kappa shape index (κ3) is 3.73. The lowest BCUT2D eigenvalue weighted by Gasteiger charge is -2.37. The molecule has 0 saturated heterocycles. The summed E-state index contributed by atoms with van der Waals surface area (Å²) in [5, 5.41) is 7.57. The lowest BCUT2D eigenvalue weighted by molar-refractivity contribution is 0.669. The van der Waals surface area contributed by atoms with Gasteiger partial charge in [-0.1, -0.05) is 115 Å². The van der Waals surface area contributed by atoms with Crippen molar-refractivity contribution >= 4 is 125 Å². The molecule has 0 saturated carbocycles. The molecule has 0 atom stereocenters. The Labute approximate surface area is 312 Å². The largest absolute Gasteiger partial charge is 0.456 e. The fourth-order valence-corrected chi connectivity index (χ4v) is 11.9. The van der Waals surface area contributed by atoms with Crippen LogP contribution in [0.1, 0.15) is 0 Å². The SMILES string of the molecule is c1ccc2c(c1)B1c3ccc4c(sc5ccccc54)c3N(c3cccc4c3sc3ccccc34)c3cc(-c4ccc5oc6ccccc6c5c4)cc-2c31. The van der Waals surface area contributed by atoms with Gasteiger partial charge in [-0.3, -0.25) is 0 Å². The number of rotatable bonds is 2. The number of thiophene rings is 2. The molecule has 3 aromatic heterocycles. The topological polar surface area (TPSA) is 16.4 Å². The molecule has 13 rings (SSSR count). The Hall–Kier alpha value is -6.14. The number of para-hydroxylation sites is 1. The van der Waals surface area contributed by atoms with Gasteiger partial charge in [-0.05, 0) is 81.7 Å². The molecule has 0 N–H and O–H groups in total. The Balaban J connectivity index is 1.18. The van der Waals surface area contributed by atoms with Gasteiger partial charge in [-0.15, -0.1) is 22.7 Å². The summed E-state index contributed by atoms with van der Waals surface area (Å²) in [6, 6.07) is 58.6. The summed E-state index contributed by atoms with van der Waals surface area (Å²) in [4.78, 5) is 2.64. The number of hydrogen-bond donors (Lipinski definition) is 0. The monoisotopic (exact) mass is 707 g/mol. The van der Waals surface area contributed by atoms with E-state index in [1.165, 1.54) is 96.0 Å². The van der Waals surface area contributed by atoms with Crippen molar-refractivity contribution < 1.29 is 4.42 Å². The van der Waals surface area contributed by atoms with E-state index in [1.807, 2.05) is 28.7 Å². The Morgan fingerprint density at radius 3 is 2.00 bits per heavy atom. The van der Waals surface area contributed by atoms with Crippen LogP contribution in [-0.2, 0) is 0 Å². The van der Waals surface area contributed by atoms with Crippen LogP contribution in [0.5, 0.6) is 0 Å². The zero-order valence-electron chi connectivity index (χ0n) is 28.3. The second-order valence-corrected chi connectivity index (χ2v) is 16.5. The molecule has 0 amide bonds. The Morgan fingerprint density at radius 1 is 0.434 bits per heavy atom. The van der Waals surface area contributed by atoms with Gasteiger partial charge in [0.05, 0.1) is 20.8 Å². The third-order valence-corrected chi connectivity index (χ3v) is 14.1. The molecule has 53 heavy (non-hydrogen) atoms. The van der Waals surface area contributed by atoms with E-state index in [2.05, 4.69) is 157 Å². The van der Waals surface area contributed by atoms with Gasteiger partial charge in [-0.25, -0.2) is 0 Å². The number of anilines is 3. The molecule has 2 nitrogen and oxygen atoms in total. The summed E-state index contributed by atoms with van der Waals surface area (Å²) in [6.07, 6.45) is 0. The summed E-state index contributed by atoms with van der Waals surface area (Å²) in [5.74, 6) is 0. The average Bonchev–Trinajstić information content (AvgIpc) is 3.97. The zero-order valence-corrected chi connectivity index (χ0v) is 29.9. The molecule has 2 aliphatic heterocycles. The molecular formula is C48H26BNOS2. The normalized spacial score (nSPS) is 13.2. The molecule has 5 heteroatoms. The molecule has 5 heterocycles. The molecular weight excluding hydrogens is 681 g/mol. The predicted octanol–water partition coefficient (Wildman–Crippen LogP) is 12.3. The van der Waals surface area contributed by atoms with E-state index in [-0.39, 0.29) is 6.71 Å². The van der Waals surface area contributed by atoms with Crippen LogP contribution in [-0.4, -0.2) is 6.71 Å². The molecule has 0 unspecified atom stereocenters. The molecule has 0 radical (unpaired) electrons. The van der Waals surface area contributed by atoms with E-state index in [0.29, 0.717) is 0 Å². The first-order valence-electron chi connectivity index (χ1n) is 18.1. The minimum absolute atomic E-state index is 0.146. The van der Waals surface area contributed by atoms with Crippen LogP contribution in [0, 0.1) is 0 Å². The molecule has 0 fully saturated rings. The van der Waals surface area contributed by atoms with Crippen molar-refractivity contribution in [3.8, 4) is 22.3 Å². The second kappa shape index (κ2) is 10.3. The molecule has 0 aliphatic carbocycles. The third-order valence-electron chi connectivity index (χ3n) is 11.7. The van der Waals surface area contributed by atoms with Crippen LogP contribution in [0.3, 0.4) is 0 Å². The van der Waals surface area contributed by atoms with E-state index in [4.69, 9.17) is 4.42 Å². The standard InChI is InChI=1S/C48H26BNOS2/c1-5-15-37-29(10-1)36-25-28(27-20-23-42-35(24-27)30-11-2-6-17-41(30)51-42)26-40-45(36)49(37)38-22-21-34-32-13-4-8-19-44(32)53-48(34)46(38)50(40)39-16-9-14-33-31-12-3-7-18-43(31)52-47(33)39/h1-26H. The lowest BCUT2D eigenvalue weighted by atomic mass is 9.37. The highest BCUT2D eigenvalue weighted by Gasteiger charge is 2.44. The van der Waals surface area contributed by atoms with Gasteiger partial charge in [0.1, 0.15) is 11.2 Å². The Morgan fingerprint density at radius 2 is 1.13 bits per heavy atom. The maximum Gasteiger partial charge on any atom is 0.248 e.